The fourth-order valence-electron chi connectivity index (χ4n) is 2.63. The summed E-state index contributed by atoms with van der Waals surface area (Å²) >= 11 is 5.90. The average molecular weight is 382 g/mol. The molecule has 0 spiro atoms. The second-order valence-corrected chi connectivity index (χ2v) is 6.07. The molecule has 0 aromatic heterocycles. The number of carbonyl (C=O) groups is 2. The Morgan fingerprint density at radius 1 is 1.12 bits per heavy atom. The van der Waals surface area contributed by atoms with E-state index < -0.39 is 23.8 Å². The lowest BCUT2D eigenvalue weighted by Crippen LogP contribution is -2.52. The summed E-state index contributed by atoms with van der Waals surface area (Å²) in [6, 6.07) is 11.4. The summed E-state index contributed by atoms with van der Waals surface area (Å²) in [6.45, 7) is 1.73. The van der Waals surface area contributed by atoms with Gasteiger partial charge in [-0.05, 0) is 36.2 Å². The number of benzene rings is 2. The lowest BCUT2D eigenvalue weighted by atomic mass is 9.86. The summed E-state index contributed by atoms with van der Waals surface area (Å²) in [6.07, 6.45) is -2.40. The van der Waals surface area contributed by atoms with Crippen molar-refractivity contribution < 1.29 is 23.1 Å². The van der Waals surface area contributed by atoms with Crippen molar-refractivity contribution in [3.63, 3.8) is 0 Å². The second-order valence-electron chi connectivity index (χ2n) is 5.63. The van der Waals surface area contributed by atoms with E-state index in [-0.39, 0.29) is 17.5 Å². The molecule has 7 heteroatoms. The highest BCUT2D eigenvalue weighted by Crippen LogP contribution is 2.29. The highest BCUT2D eigenvalue weighted by atomic mass is 35.5. The van der Waals surface area contributed by atoms with E-state index in [0.717, 1.165) is 0 Å². The van der Waals surface area contributed by atoms with Gasteiger partial charge in [-0.1, -0.05) is 42.8 Å². The predicted octanol–water partition coefficient (Wildman–Crippen LogP) is 4.49. The number of esters is 1. The largest absolute Gasteiger partial charge is 0.467 e. The number of halogens is 3. The van der Waals surface area contributed by atoms with Crippen LogP contribution < -0.4 is 5.32 Å². The van der Waals surface area contributed by atoms with Crippen LogP contribution in [0.1, 0.15) is 41.3 Å². The van der Waals surface area contributed by atoms with Crippen molar-refractivity contribution in [3.8, 4) is 0 Å². The van der Waals surface area contributed by atoms with Crippen LogP contribution in [-0.4, -0.2) is 19.0 Å². The van der Waals surface area contributed by atoms with Crippen LogP contribution in [-0.2, 0) is 15.1 Å². The minimum Gasteiger partial charge on any atom is -0.467 e. The number of hydrogen-bond donors (Lipinski definition) is 1. The van der Waals surface area contributed by atoms with Gasteiger partial charge in [0, 0.05) is 16.1 Å². The summed E-state index contributed by atoms with van der Waals surface area (Å²) in [5.41, 5.74) is -0.939. The first kappa shape index (κ1) is 19.8. The molecule has 1 amide bonds. The van der Waals surface area contributed by atoms with Crippen LogP contribution in [0.25, 0.3) is 0 Å². The van der Waals surface area contributed by atoms with Crippen molar-refractivity contribution in [2.24, 2.45) is 0 Å². The smallest absolute Gasteiger partial charge is 0.336 e. The van der Waals surface area contributed by atoms with Crippen LogP contribution in [0.3, 0.4) is 0 Å². The van der Waals surface area contributed by atoms with Gasteiger partial charge in [0.25, 0.3) is 12.3 Å². The van der Waals surface area contributed by atoms with Crippen molar-refractivity contribution in [1.29, 1.82) is 0 Å². The number of amides is 1. The molecule has 1 N–H and O–H groups in total. The molecule has 0 bridgehead atoms. The number of rotatable bonds is 6. The van der Waals surface area contributed by atoms with Crippen molar-refractivity contribution in [3.05, 3.63) is 70.2 Å². The molecule has 0 radical (unpaired) electrons. The predicted molar refractivity (Wildman–Crippen MR) is 94.3 cm³/mol. The molecule has 138 valence electrons. The minimum atomic E-state index is -2.62. The van der Waals surface area contributed by atoms with E-state index in [1.165, 1.54) is 31.4 Å². The zero-order chi connectivity index (χ0) is 19.3. The number of nitrogens with one attached hydrogen (secondary N) is 1. The monoisotopic (exact) mass is 381 g/mol. The second kappa shape index (κ2) is 8.27. The maximum absolute atomic E-state index is 12.7. The number of hydrogen-bond acceptors (Lipinski definition) is 3. The van der Waals surface area contributed by atoms with Gasteiger partial charge < -0.3 is 10.1 Å². The van der Waals surface area contributed by atoms with Crippen LogP contribution in [0.2, 0.25) is 5.02 Å². The third-order valence-corrected chi connectivity index (χ3v) is 4.40. The minimum absolute atomic E-state index is 0.157. The molecule has 2 rings (SSSR count). The van der Waals surface area contributed by atoms with Gasteiger partial charge in [-0.3, -0.25) is 4.79 Å². The van der Waals surface area contributed by atoms with E-state index >= 15 is 0 Å². The van der Waals surface area contributed by atoms with E-state index in [1.807, 2.05) is 0 Å². The lowest BCUT2D eigenvalue weighted by Gasteiger charge is -2.31. The van der Waals surface area contributed by atoms with E-state index in [0.29, 0.717) is 10.6 Å². The van der Waals surface area contributed by atoms with Gasteiger partial charge in [-0.25, -0.2) is 13.6 Å². The first-order valence-corrected chi connectivity index (χ1v) is 8.27. The van der Waals surface area contributed by atoms with Crippen molar-refractivity contribution in [2.75, 3.05) is 7.11 Å². The third kappa shape index (κ3) is 4.02. The Bertz CT molecular complexity index is 778. The molecule has 1 atom stereocenters. The molecular weight excluding hydrogens is 364 g/mol. The Morgan fingerprint density at radius 2 is 1.69 bits per heavy atom. The Morgan fingerprint density at radius 3 is 2.15 bits per heavy atom. The molecular formula is C19H18ClF2NO3. The average Bonchev–Trinajstić information content (AvgIpc) is 2.66. The number of ether oxygens (including phenoxy) is 1. The summed E-state index contributed by atoms with van der Waals surface area (Å²) in [5.74, 6) is -1.21. The molecule has 0 saturated heterocycles. The standard InChI is InChI=1S/C19H18ClF2NO3/c1-3-19(18(25)26-2,14-8-10-15(20)11-9-14)23-17(24)13-6-4-12(5-7-13)16(21)22/h4-11,16H,3H2,1-2H3,(H,23,24). The van der Waals surface area contributed by atoms with Crippen LogP contribution in [0.4, 0.5) is 8.78 Å². The molecule has 0 fully saturated rings. The van der Waals surface area contributed by atoms with Gasteiger partial charge in [-0.15, -0.1) is 0 Å². The summed E-state index contributed by atoms with van der Waals surface area (Å²) in [4.78, 5) is 25.1. The summed E-state index contributed by atoms with van der Waals surface area (Å²) in [7, 11) is 1.23. The Balaban J connectivity index is 2.38. The molecule has 0 aliphatic carbocycles. The van der Waals surface area contributed by atoms with Gasteiger partial charge >= 0.3 is 5.97 Å². The highest BCUT2D eigenvalue weighted by molar-refractivity contribution is 6.30. The van der Waals surface area contributed by atoms with E-state index in [1.54, 1.807) is 31.2 Å². The van der Waals surface area contributed by atoms with Gasteiger partial charge in [0.1, 0.15) is 0 Å². The quantitative estimate of drug-likeness (QED) is 0.750. The maximum atomic E-state index is 12.7. The zero-order valence-corrected chi connectivity index (χ0v) is 15.0. The SMILES string of the molecule is CCC(NC(=O)c1ccc(C(F)F)cc1)(C(=O)OC)c1ccc(Cl)cc1. The Labute approximate surface area is 155 Å². The van der Waals surface area contributed by atoms with Gasteiger partial charge in [0.15, 0.2) is 5.54 Å². The van der Waals surface area contributed by atoms with Gasteiger partial charge in [-0.2, -0.15) is 0 Å². The topological polar surface area (TPSA) is 55.4 Å². The molecule has 0 saturated carbocycles. The molecule has 1 unspecified atom stereocenters. The van der Waals surface area contributed by atoms with E-state index in [9.17, 15) is 18.4 Å². The van der Waals surface area contributed by atoms with Gasteiger partial charge in [0.05, 0.1) is 7.11 Å². The van der Waals surface area contributed by atoms with Crippen LogP contribution >= 0.6 is 11.6 Å². The number of methoxy groups -OCH3 is 1. The zero-order valence-electron chi connectivity index (χ0n) is 14.3. The number of alkyl halides is 2. The van der Waals surface area contributed by atoms with Crippen molar-refractivity contribution >= 4 is 23.5 Å². The third-order valence-electron chi connectivity index (χ3n) is 4.15. The summed E-state index contributed by atoms with van der Waals surface area (Å²) < 4.78 is 30.2. The molecule has 0 aliphatic heterocycles. The van der Waals surface area contributed by atoms with E-state index in [2.05, 4.69) is 5.32 Å². The fourth-order valence-corrected chi connectivity index (χ4v) is 2.76. The highest BCUT2D eigenvalue weighted by Gasteiger charge is 2.41. The van der Waals surface area contributed by atoms with Crippen molar-refractivity contribution in [2.45, 2.75) is 25.3 Å². The van der Waals surface area contributed by atoms with Gasteiger partial charge in [0.2, 0.25) is 0 Å². The van der Waals surface area contributed by atoms with Crippen LogP contribution in [0.5, 0.6) is 0 Å². The first-order chi connectivity index (χ1) is 12.3. The van der Waals surface area contributed by atoms with Crippen molar-refractivity contribution in [1.82, 2.24) is 5.32 Å². The summed E-state index contributed by atoms with van der Waals surface area (Å²) in [5, 5.41) is 3.17. The maximum Gasteiger partial charge on any atom is 0.336 e. The van der Waals surface area contributed by atoms with Crippen LogP contribution in [0.15, 0.2) is 48.5 Å². The molecule has 4 nitrogen and oxygen atoms in total. The molecule has 0 aliphatic rings. The fraction of sp³-hybridized carbons (Fsp3) is 0.263. The van der Waals surface area contributed by atoms with E-state index in [4.69, 9.17) is 16.3 Å². The first-order valence-electron chi connectivity index (χ1n) is 7.89. The van der Waals surface area contributed by atoms with Crippen LogP contribution in [0, 0.1) is 0 Å². The Hall–Kier alpha value is -2.47. The molecule has 2 aromatic carbocycles. The molecule has 2 aromatic rings. The lowest BCUT2D eigenvalue weighted by molar-refractivity contribution is -0.149. The normalized spacial score (nSPS) is 13.2. The molecule has 26 heavy (non-hydrogen) atoms. The molecule has 0 heterocycles. The number of carbonyl (C=O) groups excluding carboxylic acids is 2. The Kier molecular flexibility index (Phi) is 6.32.